The molecule has 0 aromatic carbocycles. The zero-order chi connectivity index (χ0) is 7.82. The topological polar surface area (TPSA) is 49.3 Å². The molecule has 3 nitrogen and oxygen atoms in total. The summed E-state index contributed by atoms with van der Waals surface area (Å²) < 4.78 is 0. The van der Waals surface area contributed by atoms with Crippen LogP contribution in [-0.4, -0.2) is 35.7 Å². The van der Waals surface area contributed by atoms with Gasteiger partial charge in [-0.3, -0.25) is 4.79 Å². The number of aliphatic hydroxyl groups is 1. The van der Waals surface area contributed by atoms with Crippen LogP contribution in [0.4, 0.5) is 0 Å². The van der Waals surface area contributed by atoms with E-state index in [2.05, 4.69) is 5.32 Å². The fourth-order valence-corrected chi connectivity index (χ4v) is 1.05. The summed E-state index contributed by atoms with van der Waals surface area (Å²) in [6, 6.07) is 0. The van der Waals surface area contributed by atoms with Crippen LogP contribution in [0.15, 0.2) is 0 Å². The van der Waals surface area contributed by atoms with Crippen molar-refractivity contribution in [3.05, 3.63) is 0 Å². The van der Waals surface area contributed by atoms with Crippen molar-refractivity contribution in [3.63, 3.8) is 0 Å². The Morgan fingerprint density at radius 2 is 2.30 bits per heavy atom. The molecule has 0 saturated carbocycles. The molecule has 0 saturated heterocycles. The molecule has 2 N–H and O–H groups in total. The molecule has 10 heavy (non-hydrogen) atoms. The highest BCUT2D eigenvalue weighted by Gasteiger charge is 1.89. The minimum atomic E-state index is 0.00426. The van der Waals surface area contributed by atoms with E-state index in [0.717, 1.165) is 11.5 Å². The second kappa shape index (κ2) is 6.89. The summed E-state index contributed by atoms with van der Waals surface area (Å²) in [5, 5.41) is 11.0. The minimum absolute atomic E-state index is 0.00426. The highest BCUT2D eigenvalue weighted by atomic mass is 32.2. The second-order valence-electron chi connectivity index (χ2n) is 1.82. The van der Waals surface area contributed by atoms with Crippen molar-refractivity contribution in [3.8, 4) is 0 Å². The predicted octanol–water partition coefficient (Wildman–Crippen LogP) is -0.152. The van der Waals surface area contributed by atoms with E-state index in [1.807, 2.05) is 0 Å². The molecule has 1 amide bonds. The van der Waals surface area contributed by atoms with Gasteiger partial charge < -0.3 is 10.4 Å². The molecule has 0 rings (SSSR count). The van der Waals surface area contributed by atoms with Gasteiger partial charge in [0, 0.05) is 25.0 Å². The highest BCUT2D eigenvalue weighted by molar-refractivity contribution is 7.99. The zero-order valence-corrected chi connectivity index (χ0v) is 6.91. The summed E-state index contributed by atoms with van der Waals surface area (Å²) in [7, 11) is 0. The predicted molar refractivity (Wildman–Crippen MR) is 43.1 cm³/mol. The molecule has 0 atom stereocenters. The fraction of sp³-hybridized carbons (Fsp3) is 0.833. The number of carbonyl (C=O) groups excluding carboxylic acids is 1. The first-order valence-corrected chi connectivity index (χ1v) is 4.36. The molecule has 0 heterocycles. The van der Waals surface area contributed by atoms with Gasteiger partial charge in [-0.1, -0.05) is 0 Å². The average Bonchev–Trinajstić information content (AvgIpc) is 1.87. The third-order valence-electron chi connectivity index (χ3n) is 0.856. The van der Waals surface area contributed by atoms with Crippen LogP contribution in [-0.2, 0) is 4.79 Å². The van der Waals surface area contributed by atoms with Crippen LogP contribution >= 0.6 is 11.8 Å². The van der Waals surface area contributed by atoms with Gasteiger partial charge in [0.2, 0.25) is 5.91 Å². The maximum atomic E-state index is 10.3. The maximum absolute atomic E-state index is 10.3. The van der Waals surface area contributed by atoms with Crippen LogP contribution in [0.2, 0.25) is 0 Å². The number of aliphatic hydroxyl groups excluding tert-OH is 1. The second-order valence-corrected chi connectivity index (χ2v) is 3.04. The Kier molecular flexibility index (Phi) is 6.74. The lowest BCUT2D eigenvalue weighted by Gasteiger charge is -1.99. The van der Waals surface area contributed by atoms with Crippen LogP contribution in [0.3, 0.4) is 0 Å². The number of hydrogen-bond acceptors (Lipinski definition) is 3. The molecule has 0 bridgehead atoms. The van der Waals surface area contributed by atoms with Crippen LogP contribution < -0.4 is 5.32 Å². The summed E-state index contributed by atoms with van der Waals surface area (Å²) in [5.74, 6) is 1.63. The van der Waals surface area contributed by atoms with Gasteiger partial charge in [0.15, 0.2) is 0 Å². The third-order valence-corrected chi connectivity index (χ3v) is 1.82. The van der Waals surface area contributed by atoms with Crippen molar-refractivity contribution in [2.24, 2.45) is 0 Å². The molecule has 0 aliphatic heterocycles. The Labute approximate surface area is 65.2 Å². The monoisotopic (exact) mass is 163 g/mol. The number of thioether (sulfide) groups is 1. The molecule has 0 fully saturated rings. The fourth-order valence-electron chi connectivity index (χ4n) is 0.466. The molecular weight excluding hydrogens is 150 g/mol. The van der Waals surface area contributed by atoms with Crippen molar-refractivity contribution < 1.29 is 9.90 Å². The number of amides is 1. The Morgan fingerprint density at radius 3 is 2.80 bits per heavy atom. The first-order valence-electron chi connectivity index (χ1n) is 3.20. The molecule has 60 valence electrons. The van der Waals surface area contributed by atoms with Crippen molar-refractivity contribution in [2.75, 3.05) is 24.7 Å². The first kappa shape index (κ1) is 9.78. The molecule has 0 aromatic heterocycles. The van der Waals surface area contributed by atoms with E-state index in [9.17, 15) is 4.79 Å². The van der Waals surface area contributed by atoms with Gasteiger partial charge in [0.1, 0.15) is 0 Å². The van der Waals surface area contributed by atoms with E-state index in [1.165, 1.54) is 6.92 Å². The summed E-state index contributed by atoms with van der Waals surface area (Å²) in [4.78, 5) is 10.3. The average molecular weight is 163 g/mol. The number of rotatable bonds is 5. The largest absolute Gasteiger partial charge is 0.396 e. The van der Waals surface area contributed by atoms with Gasteiger partial charge in [0.05, 0.1) is 6.61 Å². The zero-order valence-electron chi connectivity index (χ0n) is 6.09. The summed E-state index contributed by atoms with van der Waals surface area (Å²) in [5.41, 5.74) is 0. The van der Waals surface area contributed by atoms with Crippen LogP contribution in [0, 0.1) is 0 Å². The molecule has 0 unspecified atom stereocenters. The van der Waals surface area contributed by atoms with Crippen molar-refractivity contribution in [1.82, 2.24) is 5.32 Å². The van der Waals surface area contributed by atoms with Gasteiger partial charge >= 0.3 is 0 Å². The van der Waals surface area contributed by atoms with Crippen molar-refractivity contribution >= 4 is 17.7 Å². The van der Waals surface area contributed by atoms with Crippen molar-refractivity contribution in [1.29, 1.82) is 0 Å². The molecule has 0 spiro atoms. The minimum Gasteiger partial charge on any atom is -0.396 e. The van der Waals surface area contributed by atoms with Crippen LogP contribution in [0.25, 0.3) is 0 Å². The summed E-state index contributed by atoms with van der Waals surface area (Å²) in [6.45, 7) is 2.40. The van der Waals surface area contributed by atoms with E-state index in [0.29, 0.717) is 6.54 Å². The van der Waals surface area contributed by atoms with E-state index in [-0.39, 0.29) is 12.5 Å². The Bertz CT molecular complexity index is 97.7. The standard InChI is InChI=1S/C6H13NO2S/c1-6(9)7-2-4-10-5-3-8/h8H,2-5H2,1H3,(H,7,9). The van der Waals surface area contributed by atoms with Crippen LogP contribution in [0.5, 0.6) is 0 Å². The van der Waals surface area contributed by atoms with Crippen LogP contribution in [0.1, 0.15) is 6.92 Å². The number of nitrogens with one attached hydrogen (secondary N) is 1. The Balaban J connectivity index is 2.84. The molecule has 0 aliphatic rings. The number of hydrogen-bond donors (Lipinski definition) is 2. The third kappa shape index (κ3) is 7.78. The lowest BCUT2D eigenvalue weighted by Crippen LogP contribution is -2.22. The molecule has 0 radical (unpaired) electrons. The van der Waals surface area contributed by atoms with Gasteiger partial charge in [0.25, 0.3) is 0 Å². The van der Waals surface area contributed by atoms with Gasteiger partial charge in [-0.15, -0.1) is 0 Å². The normalized spacial score (nSPS) is 9.40. The van der Waals surface area contributed by atoms with E-state index < -0.39 is 0 Å². The lowest BCUT2D eigenvalue weighted by atomic mass is 10.6. The molecule has 0 aliphatic carbocycles. The first-order chi connectivity index (χ1) is 4.77. The Hall–Kier alpha value is -0.220. The summed E-state index contributed by atoms with van der Waals surface area (Å²) >= 11 is 1.63. The highest BCUT2D eigenvalue weighted by Crippen LogP contribution is 1.95. The van der Waals surface area contributed by atoms with Gasteiger partial charge in [-0.2, -0.15) is 11.8 Å². The maximum Gasteiger partial charge on any atom is 0.216 e. The molecular formula is C6H13NO2S. The van der Waals surface area contributed by atoms with Gasteiger partial charge in [-0.25, -0.2) is 0 Å². The van der Waals surface area contributed by atoms with Crippen molar-refractivity contribution in [2.45, 2.75) is 6.92 Å². The van der Waals surface area contributed by atoms with E-state index in [1.54, 1.807) is 11.8 Å². The molecule has 0 aromatic rings. The van der Waals surface area contributed by atoms with E-state index in [4.69, 9.17) is 5.11 Å². The molecule has 4 heteroatoms. The Morgan fingerprint density at radius 1 is 1.60 bits per heavy atom. The lowest BCUT2D eigenvalue weighted by molar-refractivity contribution is -0.118. The SMILES string of the molecule is CC(=O)NCCSCCO. The quantitative estimate of drug-likeness (QED) is 0.554. The number of carbonyl (C=O) groups is 1. The van der Waals surface area contributed by atoms with Gasteiger partial charge in [-0.05, 0) is 0 Å². The summed E-state index contributed by atoms with van der Waals surface area (Å²) in [6.07, 6.45) is 0. The van der Waals surface area contributed by atoms with E-state index >= 15 is 0 Å². The smallest absolute Gasteiger partial charge is 0.216 e.